The topological polar surface area (TPSA) is 75.6 Å². The lowest BCUT2D eigenvalue weighted by Gasteiger charge is -2.33. The van der Waals surface area contributed by atoms with Gasteiger partial charge in [-0.05, 0) is 31.9 Å². The van der Waals surface area contributed by atoms with Crippen molar-refractivity contribution in [3.8, 4) is 5.75 Å². The van der Waals surface area contributed by atoms with Gasteiger partial charge in [-0.1, -0.05) is 37.0 Å². The molecule has 0 heterocycles. The predicted molar refractivity (Wildman–Crippen MR) is 82.8 cm³/mol. The van der Waals surface area contributed by atoms with Crippen LogP contribution in [0.4, 0.5) is 0 Å². The van der Waals surface area contributed by atoms with Crippen molar-refractivity contribution in [3.63, 3.8) is 0 Å². The van der Waals surface area contributed by atoms with E-state index in [1.54, 1.807) is 0 Å². The summed E-state index contributed by atoms with van der Waals surface area (Å²) >= 11 is 0. The van der Waals surface area contributed by atoms with E-state index in [0.717, 1.165) is 24.8 Å². The molecule has 0 atom stereocenters. The lowest BCUT2D eigenvalue weighted by molar-refractivity contribution is -0.151. The van der Waals surface area contributed by atoms with Crippen LogP contribution in [-0.4, -0.2) is 30.1 Å². The van der Waals surface area contributed by atoms with Gasteiger partial charge in [-0.25, -0.2) is 0 Å². The number of carbonyl (C=O) groups excluding carboxylic acids is 1. The second kappa shape index (κ2) is 7.29. The number of aliphatic carboxylic acids is 1. The second-order valence-electron chi connectivity index (χ2n) is 6.02. The van der Waals surface area contributed by atoms with E-state index in [4.69, 9.17) is 4.74 Å². The summed E-state index contributed by atoms with van der Waals surface area (Å²) in [6.45, 7) is 2.06. The summed E-state index contributed by atoms with van der Waals surface area (Å²) in [4.78, 5) is 23.4. The fourth-order valence-electron chi connectivity index (χ4n) is 2.80. The molecule has 1 fully saturated rings. The number of hydrogen-bond donors (Lipinski definition) is 2. The summed E-state index contributed by atoms with van der Waals surface area (Å²) in [5, 5.41) is 12.2. The zero-order chi connectivity index (χ0) is 16.0. The number of nitrogens with one attached hydrogen (secondary N) is 1. The van der Waals surface area contributed by atoms with Gasteiger partial charge in [0, 0.05) is 6.54 Å². The Kier molecular flexibility index (Phi) is 5.41. The van der Waals surface area contributed by atoms with Crippen LogP contribution in [0.15, 0.2) is 24.3 Å². The van der Waals surface area contributed by atoms with E-state index in [1.807, 2.05) is 31.2 Å². The van der Waals surface area contributed by atoms with Crippen LogP contribution in [-0.2, 0) is 9.59 Å². The Bertz CT molecular complexity index is 518. The van der Waals surface area contributed by atoms with Crippen LogP contribution < -0.4 is 10.1 Å². The third-order valence-corrected chi connectivity index (χ3v) is 4.28. The zero-order valence-corrected chi connectivity index (χ0v) is 12.9. The summed E-state index contributed by atoms with van der Waals surface area (Å²) in [5.74, 6) is -0.468. The number of rotatable bonds is 6. The maximum atomic E-state index is 11.9. The molecule has 0 aliphatic heterocycles. The molecule has 0 unspecified atom stereocenters. The molecule has 1 saturated carbocycles. The summed E-state index contributed by atoms with van der Waals surface area (Å²) in [5.41, 5.74) is 0.315. The van der Waals surface area contributed by atoms with Gasteiger partial charge in [0.15, 0.2) is 6.61 Å². The minimum atomic E-state index is -0.813. The molecule has 1 aliphatic carbocycles. The van der Waals surface area contributed by atoms with Crippen LogP contribution in [0.25, 0.3) is 0 Å². The first kappa shape index (κ1) is 16.3. The van der Waals surface area contributed by atoms with Gasteiger partial charge in [-0.15, -0.1) is 0 Å². The van der Waals surface area contributed by atoms with Crippen molar-refractivity contribution in [1.29, 1.82) is 0 Å². The fourth-order valence-corrected chi connectivity index (χ4v) is 2.80. The molecule has 2 N–H and O–H groups in total. The number of amides is 1. The first-order valence-corrected chi connectivity index (χ1v) is 7.71. The summed E-state index contributed by atoms with van der Waals surface area (Å²) in [7, 11) is 0. The van der Waals surface area contributed by atoms with Crippen LogP contribution in [0.5, 0.6) is 5.75 Å². The zero-order valence-electron chi connectivity index (χ0n) is 12.9. The van der Waals surface area contributed by atoms with Crippen molar-refractivity contribution in [3.05, 3.63) is 29.8 Å². The molecule has 1 aromatic rings. The summed E-state index contributed by atoms with van der Waals surface area (Å²) < 4.78 is 5.40. The van der Waals surface area contributed by atoms with Crippen LogP contribution in [0.3, 0.4) is 0 Å². The van der Waals surface area contributed by atoms with Crippen LogP contribution >= 0.6 is 0 Å². The molecule has 2 rings (SSSR count). The van der Waals surface area contributed by atoms with Crippen molar-refractivity contribution in [2.75, 3.05) is 13.2 Å². The Morgan fingerprint density at radius 3 is 2.41 bits per heavy atom. The fraction of sp³-hybridized carbons (Fsp3) is 0.529. The third kappa shape index (κ3) is 4.23. The molecule has 0 bridgehead atoms. The van der Waals surface area contributed by atoms with E-state index < -0.39 is 11.4 Å². The maximum absolute atomic E-state index is 11.9. The molecular formula is C17H23NO4. The van der Waals surface area contributed by atoms with E-state index in [-0.39, 0.29) is 19.1 Å². The van der Waals surface area contributed by atoms with Crippen LogP contribution in [0, 0.1) is 12.3 Å². The van der Waals surface area contributed by atoms with Gasteiger partial charge in [0.1, 0.15) is 5.75 Å². The quantitative estimate of drug-likeness (QED) is 0.847. The maximum Gasteiger partial charge on any atom is 0.311 e. The van der Waals surface area contributed by atoms with Crippen molar-refractivity contribution < 1.29 is 19.4 Å². The van der Waals surface area contributed by atoms with Gasteiger partial charge in [-0.2, -0.15) is 0 Å². The highest BCUT2D eigenvalue weighted by atomic mass is 16.5. The van der Waals surface area contributed by atoms with E-state index in [1.165, 1.54) is 0 Å². The van der Waals surface area contributed by atoms with Gasteiger partial charge in [0.25, 0.3) is 5.91 Å². The standard InChI is InChI=1S/C17H23NO4/c1-13-5-7-14(8-6-13)22-11-15(19)18-12-17(16(20)21)9-3-2-4-10-17/h5-8H,2-4,9-12H2,1H3,(H,18,19)(H,20,21). The van der Waals surface area contributed by atoms with Gasteiger partial charge in [0.05, 0.1) is 5.41 Å². The minimum absolute atomic E-state index is 0.0985. The molecule has 1 aliphatic rings. The number of aryl methyl sites for hydroxylation is 1. The molecule has 0 radical (unpaired) electrons. The van der Waals surface area contributed by atoms with Gasteiger partial charge < -0.3 is 15.2 Å². The van der Waals surface area contributed by atoms with Crippen LogP contribution in [0.1, 0.15) is 37.7 Å². The van der Waals surface area contributed by atoms with Crippen molar-refractivity contribution in [2.24, 2.45) is 5.41 Å². The SMILES string of the molecule is Cc1ccc(OCC(=O)NCC2(C(=O)O)CCCCC2)cc1. The smallest absolute Gasteiger partial charge is 0.311 e. The Balaban J connectivity index is 1.81. The third-order valence-electron chi connectivity index (χ3n) is 4.28. The molecule has 120 valence electrons. The number of carboxylic acids is 1. The average Bonchev–Trinajstić information content (AvgIpc) is 2.53. The first-order chi connectivity index (χ1) is 10.5. The van der Waals surface area contributed by atoms with E-state index >= 15 is 0 Å². The van der Waals surface area contributed by atoms with E-state index in [0.29, 0.717) is 18.6 Å². The molecule has 5 heteroatoms. The summed E-state index contributed by atoms with van der Waals surface area (Å²) in [6, 6.07) is 7.44. The van der Waals surface area contributed by atoms with E-state index in [2.05, 4.69) is 5.32 Å². The molecule has 0 spiro atoms. The molecule has 0 saturated heterocycles. The number of ether oxygens (including phenoxy) is 1. The Morgan fingerprint density at radius 1 is 1.18 bits per heavy atom. The first-order valence-electron chi connectivity index (χ1n) is 7.71. The second-order valence-corrected chi connectivity index (χ2v) is 6.02. The normalized spacial score (nSPS) is 16.8. The number of hydrogen-bond acceptors (Lipinski definition) is 3. The largest absolute Gasteiger partial charge is 0.484 e. The molecule has 5 nitrogen and oxygen atoms in total. The van der Waals surface area contributed by atoms with Crippen LogP contribution in [0.2, 0.25) is 0 Å². The minimum Gasteiger partial charge on any atom is -0.484 e. The highest BCUT2D eigenvalue weighted by Crippen LogP contribution is 2.35. The lowest BCUT2D eigenvalue weighted by atomic mass is 9.74. The molecule has 1 amide bonds. The highest BCUT2D eigenvalue weighted by Gasteiger charge is 2.39. The number of carboxylic acid groups (broad SMARTS) is 1. The Hall–Kier alpha value is -2.04. The lowest BCUT2D eigenvalue weighted by Crippen LogP contribution is -2.45. The molecule has 0 aromatic heterocycles. The average molecular weight is 305 g/mol. The predicted octanol–water partition coefficient (Wildman–Crippen LogP) is 2.53. The molecule has 1 aromatic carbocycles. The Morgan fingerprint density at radius 2 is 1.82 bits per heavy atom. The van der Waals surface area contributed by atoms with Gasteiger partial charge in [-0.3, -0.25) is 9.59 Å². The molecular weight excluding hydrogens is 282 g/mol. The van der Waals surface area contributed by atoms with Crippen molar-refractivity contribution in [1.82, 2.24) is 5.32 Å². The van der Waals surface area contributed by atoms with E-state index in [9.17, 15) is 14.7 Å². The van der Waals surface area contributed by atoms with Crippen molar-refractivity contribution in [2.45, 2.75) is 39.0 Å². The number of benzene rings is 1. The van der Waals surface area contributed by atoms with Gasteiger partial charge in [0.2, 0.25) is 0 Å². The monoisotopic (exact) mass is 305 g/mol. The van der Waals surface area contributed by atoms with Crippen molar-refractivity contribution >= 4 is 11.9 Å². The summed E-state index contributed by atoms with van der Waals surface area (Å²) in [6.07, 6.45) is 4.13. The number of carbonyl (C=O) groups is 2. The highest BCUT2D eigenvalue weighted by molar-refractivity contribution is 5.80. The Labute approximate surface area is 130 Å². The molecule has 22 heavy (non-hydrogen) atoms. The van der Waals surface area contributed by atoms with Gasteiger partial charge >= 0.3 is 5.97 Å².